The molecule has 6 heteroatoms. The number of hydrogen-bond acceptors (Lipinski definition) is 1. The first-order valence-electron chi connectivity index (χ1n) is 5.79. The van der Waals surface area contributed by atoms with Crippen molar-refractivity contribution in [2.75, 3.05) is 0 Å². The molecule has 1 aromatic heterocycles. The first-order valence-corrected chi connectivity index (χ1v) is 7.08. The average molecular weight is 330 g/mol. The van der Waals surface area contributed by atoms with Crippen LogP contribution in [0.1, 0.15) is 5.82 Å². The van der Waals surface area contributed by atoms with Gasteiger partial charge in [-0.3, -0.25) is 4.57 Å². The van der Waals surface area contributed by atoms with Crippen LogP contribution in [0.25, 0.3) is 16.7 Å². The molecule has 3 aromatic rings. The van der Waals surface area contributed by atoms with E-state index in [9.17, 15) is 4.39 Å². The van der Waals surface area contributed by atoms with Crippen LogP contribution in [0.3, 0.4) is 0 Å². The summed E-state index contributed by atoms with van der Waals surface area (Å²) in [7, 11) is 0. The van der Waals surface area contributed by atoms with E-state index in [-0.39, 0.29) is 11.6 Å². The molecule has 0 spiro atoms. The summed E-state index contributed by atoms with van der Waals surface area (Å²) in [6.45, 7) is 0. The summed E-state index contributed by atoms with van der Waals surface area (Å²) in [5.74, 6) is 0.229. The molecule has 2 aromatic carbocycles. The van der Waals surface area contributed by atoms with Crippen molar-refractivity contribution in [1.29, 1.82) is 0 Å². The zero-order valence-electron chi connectivity index (χ0n) is 10.1. The molecule has 102 valence electrons. The molecule has 0 aliphatic carbocycles. The van der Waals surface area contributed by atoms with Crippen LogP contribution in [0.15, 0.2) is 36.4 Å². The Bertz CT molecular complexity index is 798. The van der Waals surface area contributed by atoms with Crippen molar-refractivity contribution in [3.63, 3.8) is 0 Å². The molecule has 1 heterocycles. The lowest BCUT2D eigenvalue weighted by atomic mass is 10.2. The summed E-state index contributed by atoms with van der Waals surface area (Å²) >= 11 is 18.1. The smallest absolute Gasteiger partial charge is 0.147 e. The van der Waals surface area contributed by atoms with Gasteiger partial charge in [0.15, 0.2) is 0 Å². The minimum absolute atomic E-state index is 0.136. The Morgan fingerprint density at radius 1 is 1.15 bits per heavy atom. The summed E-state index contributed by atoms with van der Waals surface area (Å²) in [5.41, 5.74) is 1.56. The number of aromatic nitrogens is 2. The standard InChI is InChI=1S/C14H8Cl3FN2/c15-7-13-19-11-3-1-2-9(17)14(11)20(13)12-6-8(16)4-5-10(12)18/h1-6H,7H2. The summed E-state index contributed by atoms with van der Waals surface area (Å²) < 4.78 is 15.7. The lowest BCUT2D eigenvalue weighted by Crippen LogP contribution is -2.02. The Balaban J connectivity index is 2.42. The van der Waals surface area contributed by atoms with Crippen molar-refractivity contribution in [2.24, 2.45) is 0 Å². The van der Waals surface area contributed by atoms with Gasteiger partial charge in [0.25, 0.3) is 0 Å². The molecule has 0 unspecified atom stereocenters. The van der Waals surface area contributed by atoms with Gasteiger partial charge in [0, 0.05) is 5.02 Å². The molecule has 0 saturated carbocycles. The molecule has 0 aliphatic rings. The molecule has 0 amide bonds. The van der Waals surface area contributed by atoms with Crippen molar-refractivity contribution in [2.45, 2.75) is 5.88 Å². The topological polar surface area (TPSA) is 17.8 Å². The fourth-order valence-corrected chi connectivity index (χ4v) is 2.74. The maximum atomic E-state index is 14.1. The predicted octanol–water partition coefficient (Wildman–Crippen LogP) is 5.21. The Morgan fingerprint density at radius 2 is 1.95 bits per heavy atom. The number of nitrogens with zero attached hydrogens (tertiary/aromatic N) is 2. The second kappa shape index (κ2) is 5.24. The maximum Gasteiger partial charge on any atom is 0.147 e. The molecule has 0 radical (unpaired) electrons. The van der Waals surface area contributed by atoms with Crippen molar-refractivity contribution in [3.8, 4) is 5.69 Å². The quantitative estimate of drug-likeness (QED) is 0.590. The van der Waals surface area contributed by atoms with Gasteiger partial charge >= 0.3 is 0 Å². The van der Waals surface area contributed by atoms with Gasteiger partial charge in [-0.15, -0.1) is 11.6 Å². The van der Waals surface area contributed by atoms with Crippen molar-refractivity contribution >= 4 is 45.8 Å². The summed E-state index contributed by atoms with van der Waals surface area (Å²) in [4.78, 5) is 4.38. The van der Waals surface area contributed by atoms with Crippen LogP contribution >= 0.6 is 34.8 Å². The zero-order valence-corrected chi connectivity index (χ0v) is 12.3. The largest absolute Gasteiger partial charge is 0.291 e. The van der Waals surface area contributed by atoms with Crippen molar-refractivity contribution < 1.29 is 4.39 Å². The van der Waals surface area contributed by atoms with Crippen LogP contribution in [0.2, 0.25) is 10.0 Å². The van der Waals surface area contributed by atoms with Gasteiger partial charge in [-0.25, -0.2) is 9.37 Å². The minimum atomic E-state index is -0.417. The zero-order chi connectivity index (χ0) is 14.3. The highest BCUT2D eigenvalue weighted by Gasteiger charge is 2.17. The number of alkyl halides is 1. The van der Waals surface area contributed by atoms with Gasteiger partial charge in [-0.1, -0.05) is 29.3 Å². The van der Waals surface area contributed by atoms with Gasteiger partial charge in [0.2, 0.25) is 0 Å². The Hall–Kier alpha value is -1.29. The Kier molecular flexibility index (Phi) is 3.59. The van der Waals surface area contributed by atoms with E-state index in [0.717, 1.165) is 0 Å². The third-order valence-corrected chi connectivity index (χ3v) is 3.74. The molecule has 0 saturated heterocycles. The Morgan fingerprint density at radius 3 is 2.70 bits per heavy atom. The molecule has 0 atom stereocenters. The van der Waals surface area contributed by atoms with Crippen molar-refractivity contribution in [3.05, 3.63) is 58.1 Å². The third-order valence-electron chi connectivity index (χ3n) is 2.97. The number of imidazole rings is 1. The molecular weight excluding hydrogens is 322 g/mol. The van der Waals surface area contributed by atoms with Crippen molar-refractivity contribution in [1.82, 2.24) is 9.55 Å². The van der Waals surface area contributed by atoms with Crippen LogP contribution in [0.4, 0.5) is 4.39 Å². The van der Waals surface area contributed by atoms with E-state index in [4.69, 9.17) is 34.8 Å². The van der Waals surface area contributed by atoms with E-state index in [2.05, 4.69) is 4.98 Å². The molecule has 0 bridgehead atoms. The van der Waals surface area contributed by atoms with Gasteiger partial charge in [-0.05, 0) is 30.3 Å². The van der Waals surface area contributed by atoms with E-state index in [1.807, 2.05) is 0 Å². The lowest BCUT2D eigenvalue weighted by Gasteiger charge is -2.10. The monoisotopic (exact) mass is 328 g/mol. The third kappa shape index (κ3) is 2.16. The highest BCUT2D eigenvalue weighted by atomic mass is 35.5. The van der Waals surface area contributed by atoms with Crippen LogP contribution < -0.4 is 0 Å². The number of hydrogen-bond donors (Lipinski definition) is 0. The lowest BCUT2D eigenvalue weighted by molar-refractivity contribution is 0.618. The first-order chi connectivity index (χ1) is 9.61. The van der Waals surface area contributed by atoms with Crippen LogP contribution in [0.5, 0.6) is 0 Å². The van der Waals surface area contributed by atoms with E-state index >= 15 is 0 Å². The molecule has 3 rings (SSSR count). The number of halogens is 4. The molecule has 0 N–H and O–H groups in total. The van der Waals surface area contributed by atoms with Gasteiger partial charge in [-0.2, -0.15) is 0 Å². The van der Waals surface area contributed by atoms with Gasteiger partial charge in [0.1, 0.15) is 11.6 Å². The molecule has 2 nitrogen and oxygen atoms in total. The normalized spacial score (nSPS) is 11.2. The number of fused-ring (bicyclic) bond motifs is 1. The predicted molar refractivity (Wildman–Crippen MR) is 80.6 cm³/mol. The summed E-state index contributed by atoms with van der Waals surface area (Å²) in [6, 6.07) is 9.63. The second-order valence-electron chi connectivity index (χ2n) is 4.20. The van der Waals surface area contributed by atoms with Crippen LogP contribution in [-0.2, 0) is 5.88 Å². The molecular formula is C14H8Cl3FN2. The van der Waals surface area contributed by atoms with Crippen LogP contribution in [0, 0.1) is 5.82 Å². The van der Waals surface area contributed by atoms with Crippen LogP contribution in [-0.4, -0.2) is 9.55 Å². The fourth-order valence-electron chi connectivity index (χ4n) is 2.14. The number of rotatable bonds is 2. The fraction of sp³-hybridized carbons (Fsp3) is 0.0714. The Labute approximate surface area is 129 Å². The molecule has 0 aliphatic heterocycles. The average Bonchev–Trinajstić information content (AvgIpc) is 2.81. The number of benzene rings is 2. The van der Waals surface area contributed by atoms with E-state index in [1.54, 1.807) is 22.8 Å². The summed E-state index contributed by atoms with van der Waals surface area (Å²) in [6.07, 6.45) is 0. The highest BCUT2D eigenvalue weighted by molar-refractivity contribution is 6.35. The minimum Gasteiger partial charge on any atom is -0.291 e. The van der Waals surface area contributed by atoms with Gasteiger partial charge in [0.05, 0.1) is 27.6 Å². The van der Waals surface area contributed by atoms with E-state index in [0.29, 0.717) is 26.9 Å². The highest BCUT2D eigenvalue weighted by Crippen LogP contribution is 2.30. The van der Waals surface area contributed by atoms with E-state index < -0.39 is 5.82 Å². The first kappa shape index (κ1) is 13.7. The van der Waals surface area contributed by atoms with E-state index in [1.165, 1.54) is 18.2 Å². The second-order valence-corrected chi connectivity index (χ2v) is 5.31. The van der Waals surface area contributed by atoms with Gasteiger partial charge < -0.3 is 0 Å². The number of para-hydroxylation sites is 1. The summed E-state index contributed by atoms with van der Waals surface area (Å²) in [5, 5.41) is 0.904. The SMILES string of the molecule is Fc1ccc(Cl)cc1-n1c(CCl)nc2cccc(Cl)c21. The molecule has 0 fully saturated rings. The maximum absolute atomic E-state index is 14.1. The molecule has 20 heavy (non-hydrogen) atoms.